The molecule has 1 unspecified atom stereocenters. The van der Waals surface area contributed by atoms with Crippen LogP contribution in [-0.4, -0.2) is 31.8 Å². The maximum absolute atomic E-state index is 5.64. The van der Waals surface area contributed by atoms with Crippen LogP contribution in [-0.2, 0) is 11.3 Å². The third-order valence-corrected chi connectivity index (χ3v) is 3.80. The molecule has 0 spiro atoms. The molecule has 0 amide bonds. The number of hydrogen-bond acceptors (Lipinski definition) is 2. The Labute approximate surface area is 151 Å². The van der Waals surface area contributed by atoms with E-state index in [1.165, 1.54) is 24.0 Å². The van der Waals surface area contributed by atoms with Gasteiger partial charge in [0.05, 0.1) is 12.6 Å². The largest absolute Gasteiger partial charge is 0.378 e. The fourth-order valence-corrected chi connectivity index (χ4v) is 2.52. The molecule has 124 valence electrons. The fourth-order valence-electron chi connectivity index (χ4n) is 2.52. The average molecular weight is 417 g/mol. The summed E-state index contributed by atoms with van der Waals surface area (Å²) in [6.45, 7) is 7.63. The van der Waals surface area contributed by atoms with Crippen LogP contribution in [0.2, 0.25) is 0 Å². The third-order valence-electron chi connectivity index (χ3n) is 3.80. The number of halogens is 1. The molecule has 0 bridgehead atoms. The summed E-state index contributed by atoms with van der Waals surface area (Å²) in [6.07, 6.45) is 3.87. The summed E-state index contributed by atoms with van der Waals surface area (Å²) in [4.78, 5) is 4.66. The first-order chi connectivity index (χ1) is 10.3. The van der Waals surface area contributed by atoms with Gasteiger partial charge in [0.25, 0.3) is 0 Å². The number of guanidine groups is 1. The monoisotopic (exact) mass is 417 g/mol. The van der Waals surface area contributed by atoms with E-state index < -0.39 is 0 Å². The molecule has 22 heavy (non-hydrogen) atoms. The van der Waals surface area contributed by atoms with E-state index in [4.69, 9.17) is 4.74 Å². The van der Waals surface area contributed by atoms with Gasteiger partial charge in [-0.05, 0) is 44.2 Å². The lowest BCUT2D eigenvalue weighted by Crippen LogP contribution is -2.38. The Kier molecular flexibility index (Phi) is 9.47. The Balaban J connectivity index is 0.00000242. The van der Waals surface area contributed by atoms with Gasteiger partial charge >= 0.3 is 0 Å². The van der Waals surface area contributed by atoms with Crippen molar-refractivity contribution in [2.24, 2.45) is 4.99 Å². The Morgan fingerprint density at radius 1 is 1.32 bits per heavy atom. The van der Waals surface area contributed by atoms with Gasteiger partial charge in [-0.2, -0.15) is 0 Å². The second kappa shape index (κ2) is 10.8. The van der Waals surface area contributed by atoms with Crippen molar-refractivity contribution >= 4 is 29.9 Å². The first-order valence-electron chi connectivity index (χ1n) is 7.98. The zero-order valence-corrected chi connectivity index (χ0v) is 15.9. The number of rotatable bonds is 6. The molecule has 0 radical (unpaired) electrons. The van der Waals surface area contributed by atoms with Crippen LogP contribution in [0.25, 0.3) is 0 Å². The first kappa shape index (κ1) is 19.2. The van der Waals surface area contributed by atoms with E-state index >= 15 is 0 Å². The van der Waals surface area contributed by atoms with Crippen LogP contribution in [0.4, 0.5) is 0 Å². The summed E-state index contributed by atoms with van der Waals surface area (Å²) < 4.78 is 5.64. The second-order valence-electron chi connectivity index (χ2n) is 5.47. The zero-order chi connectivity index (χ0) is 14.9. The standard InChI is InChI=1S/C17H27N3O.HI/c1-3-18-17(19-11-10-16-9-6-12-21-16)20-13-15-8-5-4-7-14(15)2;/h4-5,7-8,16H,3,6,9-13H2,1-2H3,(H2,18,19,20);1H. The van der Waals surface area contributed by atoms with E-state index in [0.29, 0.717) is 12.6 Å². The number of aryl methyl sites for hydroxylation is 1. The summed E-state index contributed by atoms with van der Waals surface area (Å²) in [5.41, 5.74) is 2.56. The van der Waals surface area contributed by atoms with E-state index in [-0.39, 0.29) is 24.0 Å². The van der Waals surface area contributed by atoms with E-state index in [0.717, 1.165) is 32.1 Å². The minimum Gasteiger partial charge on any atom is -0.378 e. The molecular formula is C17H28IN3O. The van der Waals surface area contributed by atoms with Crippen LogP contribution in [0.1, 0.15) is 37.3 Å². The molecule has 0 aromatic heterocycles. The molecule has 1 atom stereocenters. The second-order valence-corrected chi connectivity index (χ2v) is 5.47. The lowest BCUT2D eigenvalue weighted by molar-refractivity contribution is 0.105. The van der Waals surface area contributed by atoms with Crippen molar-refractivity contribution in [1.82, 2.24) is 10.6 Å². The molecule has 0 saturated carbocycles. The average Bonchev–Trinajstić information content (AvgIpc) is 2.99. The van der Waals surface area contributed by atoms with Crippen LogP contribution in [0, 0.1) is 6.92 Å². The van der Waals surface area contributed by atoms with Gasteiger partial charge in [0.2, 0.25) is 0 Å². The van der Waals surface area contributed by atoms with Crippen molar-refractivity contribution < 1.29 is 4.74 Å². The molecule has 1 aromatic carbocycles. The van der Waals surface area contributed by atoms with Gasteiger partial charge in [0.15, 0.2) is 5.96 Å². The molecular weight excluding hydrogens is 389 g/mol. The Morgan fingerprint density at radius 2 is 2.14 bits per heavy atom. The third kappa shape index (κ3) is 6.52. The van der Waals surface area contributed by atoms with Crippen LogP contribution < -0.4 is 10.6 Å². The Hall–Kier alpha value is -0.820. The minimum absolute atomic E-state index is 0. The topological polar surface area (TPSA) is 45.7 Å². The van der Waals surface area contributed by atoms with Crippen LogP contribution in [0.5, 0.6) is 0 Å². The van der Waals surface area contributed by atoms with Crippen LogP contribution in [0.15, 0.2) is 29.3 Å². The highest BCUT2D eigenvalue weighted by Crippen LogP contribution is 2.14. The summed E-state index contributed by atoms with van der Waals surface area (Å²) in [6, 6.07) is 8.39. The molecule has 1 aromatic rings. The summed E-state index contributed by atoms with van der Waals surface area (Å²) in [5.74, 6) is 0.888. The van der Waals surface area contributed by atoms with Gasteiger partial charge in [-0.3, -0.25) is 0 Å². The molecule has 1 fully saturated rings. The molecule has 1 aliphatic rings. The predicted molar refractivity (Wildman–Crippen MR) is 103 cm³/mol. The SMILES string of the molecule is CCNC(=NCc1ccccc1C)NCCC1CCCO1.I. The van der Waals surface area contributed by atoms with Crippen molar-refractivity contribution in [2.45, 2.75) is 45.8 Å². The van der Waals surface area contributed by atoms with Crippen molar-refractivity contribution in [3.63, 3.8) is 0 Å². The number of aliphatic imine (C=N–C) groups is 1. The number of hydrogen-bond donors (Lipinski definition) is 2. The summed E-state index contributed by atoms with van der Waals surface area (Å²) >= 11 is 0. The number of benzene rings is 1. The fraction of sp³-hybridized carbons (Fsp3) is 0.588. The summed E-state index contributed by atoms with van der Waals surface area (Å²) in [7, 11) is 0. The van der Waals surface area contributed by atoms with Crippen LogP contribution in [0.3, 0.4) is 0 Å². The molecule has 1 aliphatic heterocycles. The number of ether oxygens (including phenoxy) is 1. The molecule has 1 heterocycles. The van der Waals surface area contributed by atoms with Gasteiger partial charge in [-0.1, -0.05) is 24.3 Å². The Morgan fingerprint density at radius 3 is 2.82 bits per heavy atom. The highest BCUT2D eigenvalue weighted by molar-refractivity contribution is 14.0. The van der Waals surface area contributed by atoms with Crippen molar-refractivity contribution in [3.8, 4) is 0 Å². The molecule has 5 heteroatoms. The first-order valence-corrected chi connectivity index (χ1v) is 7.98. The van der Waals surface area contributed by atoms with Crippen molar-refractivity contribution in [2.75, 3.05) is 19.7 Å². The lowest BCUT2D eigenvalue weighted by Gasteiger charge is -2.14. The van der Waals surface area contributed by atoms with Gasteiger partial charge in [-0.25, -0.2) is 4.99 Å². The van der Waals surface area contributed by atoms with Crippen LogP contribution >= 0.6 is 24.0 Å². The minimum atomic E-state index is 0. The zero-order valence-electron chi connectivity index (χ0n) is 13.6. The smallest absolute Gasteiger partial charge is 0.191 e. The molecule has 2 rings (SSSR count). The molecule has 1 saturated heterocycles. The van der Waals surface area contributed by atoms with Crippen molar-refractivity contribution in [1.29, 1.82) is 0 Å². The van der Waals surface area contributed by atoms with E-state index in [1.807, 2.05) is 0 Å². The van der Waals surface area contributed by atoms with Crippen molar-refractivity contribution in [3.05, 3.63) is 35.4 Å². The number of nitrogens with one attached hydrogen (secondary N) is 2. The predicted octanol–water partition coefficient (Wildman–Crippen LogP) is 3.24. The van der Waals surface area contributed by atoms with Gasteiger partial charge in [-0.15, -0.1) is 24.0 Å². The number of nitrogens with zero attached hydrogens (tertiary/aromatic N) is 1. The summed E-state index contributed by atoms with van der Waals surface area (Å²) in [5, 5.41) is 6.69. The van der Waals surface area contributed by atoms with Gasteiger partial charge in [0, 0.05) is 19.7 Å². The van der Waals surface area contributed by atoms with Gasteiger partial charge < -0.3 is 15.4 Å². The van der Waals surface area contributed by atoms with E-state index in [2.05, 4.69) is 53.7 Å². The molecule has 0 aliphatic carbocycles. The highest BCUT2D eigenvalue weighted by atomic mass is 127. The normalized spacial score (nSPS) is 17.9. The van der Waals surface area contributed by atoms with E-state index in [9.17, 15) is 0 Å². The molecule has 4 nitrogen and oxygen atoms in total. The maximum atomic E-state index is 5.64. The van der Waals surface area contributed by atoms with E-state index in [1.54, 1.807) is 0 Å². The lowest BCUT2D eigenvalue weighted by atomic mass is 10.1. The maximum Gasteiger partial charge on any atom is 0.191 e. The molecule has 2 N–H and O–H groups in total. The quantitative estimate of drug-likeness (QED) is 0.425. The van der Waals surface area contributed by atoms with Gasteiger partial charge in [0.1, 0.15) is 0 Å². The highest BCUT2D eigenvalue weighted by Gasteiger charge is 2.14. The Bertz CT molecular complexity index is 459.